The molecule has 1 aromatic carbocycles. The Morgan fingerprint density at radius 1 is 1.25 bits per heavy atom. The van der Waals surface area contributed by atoms with Gasteiger partial charge in [-0.1, -0.05) is 0 Å². The standard InChI is InChI=1S/C7H4BrF4NO2S/c8-4-1-3(7(10,11)12)5(9)2-6(4)16(13,14)15/h1-2H,(H2,13,14,15). The van der Waals surface area contributed by atoms with Gasteiger partial charge in [0, 0.05) is 4.47 Å². The molecule has 0 atom stereocenters. The zero-order chi connectivity index (χ0) is 12.7. The number of sulfonamides is 1. The molecule has 0 saturated heterocycles. The summed E-state index contributed by atoms with van der Waals surface area (Å²) in [6.45, 7) is 0. The molecule has 2 N–H and O–H groups in total. The molecule has 0 amide bonds. The highest BCUT2D eigenvalue weighted by Crippen LogP contribution is 2.35. The number of nitrogens with two attached hydrogens (primary N) is 1. The van der Waals surface area contributed by atoms with Crippen LogP contribution in [0.25, 0.3) is 0 Å². The van der Waals surface area contributed by atoms with Crippen LogP contribution >= 0.6 is 15.9 Å². The van der Waals surface area contributed by atoms with Gasteiger partial charge in [0.15, 0.2) is 0 Å². The van der Waals surface area contributed by atoms with E-state index in [0.29, 0.717) is 6.07 Å². The van der Waals surface area contributed by atoms with Crippen LogP contribution in [-0.4, -0.2) is 8.42 Å². The zero-order valence-corrected chi connectivity index (χ0v) is 9.75. The van der Waals surface area contributed by atoms with Crippen LogP contribution in [0.5, 0.6) is 0 Å². The Hall–Kier alpha value is -0.670. The third-order valence-corrected chi connectivity index (χ3v) is 3.50. The first-order valence-electron chi connectivity index (χ1n) is 3.62. The predicted molar refractivity (Wildman–Crippen MR) is 50.5 cm³/mol. The van der Waals surface area contributed by atoms with Gasteiger partial charge in [-0.15, -0.1) is 0 Å². The SMILES string of the molecule is NS(=O)(=O)c1cc(F)c(C(F)(F)F)cc1Br. The first kappa shape index (κ1) is 13.4. The maximum Gasteiger partial charge on any atom is 0.419 e. The second kappa shape index (κ2) is 3.97. The van der Waals surface area contributed by atoms with E-state index < -0.39 is 36.9 Å². The smallest absolute Gasteiger partial charge is 0.225 e. The molecule has 0 fully saturated rings. The van der Waals surface area contributed by atoms with Gasteiger partial charge in [0.25, 0.3) is 0 Å². The summed E-state index contributed by atoms with van der Waals surface area (Å²) in [5.74, 6) is -1.69. The Balaban J connectivity index is 3.52. The Kier molecular flexibility index (Phi) is 3.32. The van der Waals surface area contributed by atoms with Crippen LogP contribution in [0.1, 0.15) is 5.56 Å². The van der Waals surface area contributed by atoms with E-state index in [9.17, 15) is 26.0 Å². The number of halogens is 5. The minimum atomic E-state index is -4.90. The van der Waals surface area contributed by atoms with E-state index in [4.69, 9.17) is 0 Å². The molecule has 3 nitrogen and oxygen atoms in total. The monoisotopic (exact) mass is 321 g/mol. The molecule has 1 aromatic rings. The average molecular weight is 322 g/mol. The van der Waals surface area contributed by atoms with Crippen LogP contribution in [-0.2, 0) is 16.2 Å². The molecule has 0 saturated carbocycles. The quantitative estimate of drug-likeness (QED) is 0.806. The minimum Gasteiger partial charge on any atom is -0.225 e. The van der Waals surface area contributed by atoms with Crippen molar-refractivity contribution < 1.29 is 26.0 Å². The molecule has 0 aliphatic rings. The van der Waals surface area contributed by atoms with Gasteiger partial charge in [-0.3, -0.25) is 0 Å². The van der Waals surface area contributed by atoms with E-state index >= 15 is 0 Å². The molecule has 0 aliphatic heterocycles. The maximum absolute atomic E-state index is 13.0. The Morgan fingerprint density at radius 3 is 2.12 bits per heavy atom. The van der Waals surface area contributed by atoms with Crippen LogP contribution in [0.4, 0.5) is 17.6 Å². The van der Waals surface area contributed by atoms with E-state index in [1.807, 2.05) is 0 Å². The summed E-state index contributed by atoms with van der Waals surface area (Å²) < 4.78 is 70.9. The van der Waals surface area contributed by atoms with Crippen LogP contribution in [0.3, 0.4) is 0 Å². The highest BCUT2D eigenvalue weighted by Gasteiger charge is 2.35. The zero-order valence-electron chi connectivity index (χ0n) is 7.35. The summed E-state index contributed by atoms with van der Waals surface area (Å²) in [5, 5.41) is 4.68. The van der Waals surface area contributed by atoms with Crippen molar-refractivity contribution >= 4 is 26.0 Å². The third kappa shape index (κ3) is 2.71. The number of alkyl halides is 3. The fraction of sp³-hybridized carbons (Fsp3) is 0.143. The number of hydrogen-bond acceptors (Lipinski definition) is 2. The summed E-state index contributed by atoms with van der Waals surface area (Å²) in [7, 11) is -4.27. The molecule has 90 valence electrons. The molecule has 0 aromatic heterocycles. The Labute approximate surface area is 96.4 Å². The van der Waals surface area contributed by atoms with Crippen molar-refractivity contribution in [1.82, 2.24) is 0 Å². The van der Waals surface area contributed by atoms with Crippen molar-refractivity contribution in [1.29, 1.82) is 0 Å². The van der Waals surface area contributed by atoms with Crippen LogP contribution in [0.15, 0.2) is 21.5 Å². The lowest BCUT2D eigenvalue weighted by molar-refractivity contribution is -0.140. The largest absolute Gasteiger partial charge is 0.419 e. The van der Waals surface area contributed by atoms with E-state index in [1.165, 1.54) is 0 Å². The van der Waals surface area contributed by atoms with Gasteiger partial charge in [-0.05, 0) is 28.1 Å². The Bertz CT molecular complexity index is 526. The molecule has 0 bridgehead atoms. The lowest BCUT2D eigenvalue weighted by Crippen LogP contribution is -2.15. The van der Waals surface area contributed by atoms with Gasteiger partial charge >= 0.3 is 6.18 Å². The van der Waals surface area contributed by atoms with Crippen LogP contribution < -0.4 is 5.14 Å². The van der Waals surface area contributed by atoms with Crippen LogP contribution in [0, 0.1) is 5.82 Å². The number of benzene rings is 1. The number of hydrogen-bond donors (Lipinski definition) is 1. The van der Waals surface area contributed by atoms with Gasteiger partial charge in [-0.2, -0.15) is 13.2 Å². The van der Waals surface area contributed by atoms with Crippen molar-refractivity contribution in [2.75, 3.05) is 0 Å². The molecular weight excluding hydrogens is 318 g/mol. The van der Waals surface area contributed by atoms with Crippen molar-refractivity contribution in [2.45, 2.75) is 11.1 Å². The van der Waals surface area contributed by atoms with Gasteiger partial charge < -0.3 is 0 Å². The predicted octanol–water partition coefficient (Wildman–Crippen LogP) is 2.25. The second-order valence-corrected chi connectivity index (χ2v) is 5.19. The maximum atomic E-state index is 13.0. The molecule has 9 heteroatoms. The number of primary sulfonamides is 1. The summed E-state index contributed by atoms with van der Waals surface area (Å²) in [6.07, 6.45) is -4.90. The van der Waals surface area contributed by atoms with Gasteiger partial charge in [0.2, 0.25) is 10.0 Å². The van der Waals surface area contributed by atoms with Crippen molar-refractivity contribution in [3.05, 3.63) is 28.0 Å². The molecule has 16 heavy (non-hydrogen) atoms. The first-order valence-corrected chi connectivity index (χ1v) is 5.96. The molecule has 0 spiro atoms. The van der Waals surface area contributed by atoms with E-state index in [1.54, 1.807) is 0 Å². The summed E-state index contributed by atoms with van der Waals surface area (Å²) in [6, 6.07) is 0.553. The highest BCUT2D eigenvalue weighted by atomic mass is 79.9. The van der Waals surface area contributed by atoms with Crippen molar-refractivity contribution in [3.8, 4) is 0 Å². The fourth-order valence-corrected chi connectivity index (χ4v) is 2.58. The van der Waals surface area contributed by atoms with E-state index in [2.05, 4.69) is 21.1 Å². The Morgan fingerprint density at radius 2 is 1.75 bits per heavy atom. The van der Waals surface area contributed by atoms with Crippen LogP contribution in [0.2, 0.25) is 0 Å². The number of rotatable bonds is 1. The first-order chi connectivity index (χ1) is 7.03. The van der Waals surface area contributed by atoms with Crippen molar-refractivity contribution in [3.63, 3.8) is 0 Å². The average Bonchev–Trinajstić information content (AvgIpc) is 2.04. The summed E-state index contributed by atoms with van der Waals surface area (Å²) in [5.41, 5.74) is -1.56. The molecule has 1 rings (SSSR count). The molecular formula is C7H4BrF4NO2S. The van der Waals surface area contributed by atoms with Gasteiger partial charge in [0.1, 0.15) is 5.82 Å². The topological polar surface area (TPSA) is 60.2 Å². The molecule has 0 aliphatic carbocycles. The lowest BCUT2D eigenvalue weighted by atomic mass is 10.2. The second-order valence-electron chi connectivity index (χ2n) is 2.81. The summed E-state index contributed by atoms with van der Waals surface area (Å²) in [4.78, 5) is -0.738. The lowest BCUT2D eigenvalue weighted by Gasteiger charge is -2.10. The normalized spacial score (nSPS) is 12.9. The third-order valence-electron chi connectivity index (χ3n) is 1.63. The van der Waals surface area contributed by atoms with E-state index in [0.717, 1.165) is 0 Å². The summed E-state index contributed by atoms with van der Waals surface area (Å²) >= 11 is 2.58. The van der Waals surface area contributed by atoms with Gasteiger partial charge in [-0.25, -0.2) is 17.9 Å². The molecule has 0 heterocycles. The molecule has 0 radical (unpaired) electrons. The highest BCUT2D eigenvalue weighted by molar-refractivity contribution is 9.10. The fourth-order valence-electron chi connectivity index (χ4n) is 0.964. The van der Waals surface area contributed by atoms with Crippen molar-refractivity contribution in [2.24, 2.45) is 5.14 Å². The van der Waals surface area contributed by atoms with Gasteiger partial charge in [0.05, 0.1) is 10.5 Å². The molecule has 0 unspecified atom stereocenters. The minimum absolute atomic E-state index is 0.224. The van der Waals surface area contributed by atoms with E-state index in [-0.39, 0.29) is 6.07 Å².